The van der Waals surface area contributed by atoms with E-state index in [1.165, 1.54) is 12.0 Å². The number of ether oxygens (including phenoxy) is 2. The van der Waals surface area contributed by atoms with E-state index in [-0.39, 0.29) is 24.4 Å². The van der Waals surface area contributed by atoms with Gasteiger partial charge in [-0.05, 0) is 62.6 Å². The highest BCUT2D eigenvalue weighted by Gasteiger charge is 2.38. The van der Waals surface area contributed by atoms with E-state index >= 15 is 0 Å². The zero-order valence-corrected chi connectivity index (χ0v) is 19.6. The van der Waals surface area contributed by atoms with Crippen molar-refractivity contribution in [3.63, 3.8) is 0 Å². The third-order valence-corrected chi connectivity index (χ3v) is 5.06. The first-order chi connectivity index (χ1) is 15.7. The predicted molar refractivity (Wildman–Crippen MR) is 124 cm³/mol. The number of rotatable bonds is 8. The van der Waals surface area contributed by atoms with Crippen LogP contribution in [0.25, 0.3) is 0 Å². The number of nitrogens with zero attached hydrogens (tertiary/aromatic N) is 3. The van der Waals surface area contributed by atoms with Gasteiger partial charge in [-0.3, -0.25) is 9.69 Å². The lowest BCUT2D eigenvalue weighted by molar-refractivity contribution is -0.132. The van der Waals surface area contributed by atoms with Crippen LogP contribution < -0.4 is 15.0 Å². The molecule has 176 valence electrons. The topological polar surface area (TPSA) is 102 Å². The second-order valence-electron chi connectivity index (χ2n) is 8.72. The highest BCUT2D eigenvalue weighted by Crippen LogP contribution is 2.24. The molecule has 0 aliphatic carbocycles. The normalized spacial score (nSPS) is 17.8. The van der Waals surface area contributed by atoms with Gasteiger partial charge in [0, 0.05) is 6.20 Å². The smallest absolute Gasteiger partial charge is 0.416 e. The lowest BCUT2D eigenvalue weighted by Crippen LogP contribution is -2.59. The van der Waals surface area contributed by atoms with Crippen LogP contribution >= 0.6 is 0 Å². The van der Waals surface area contributed by atoms with Gasteiger partial charge in [-0.2, -0.15) is 0 Å². The van der Waals surface area contributed by atoms with Crippen LogP contribution in [-0.2, 0) is 27.3 Å². The number of hydrogen-bond donors (Lipinski definition) is 1. The summed E-state index contributed by atoms with van der Waals surface area (Å²) in [5, 5.41) is 6.54. The molecule has 2 amide bonds. The summed E-state index contributed by atoms with van der Waals surface area (Å²) in [4.78, 5) is 35.7. The molecule has 2 aromatic rings. The third kappa shape index (κ3) is 6.44. The van der Waals surface area contributed by atoms with E-state index in [1.807, 2.05) is 57.2 Å². The van der Waals surface area contributed by atoms with Crippen LogP contribution in [0.1, 0.15) is 31.9 Å². The van der Waals surface area contributed by atoms with Gasteiger partial charge in [0.1, 0.15) is 24.3 Å². The number of anilines is 1. The number of pyridine rings is 1. The Bertz CT molecular complexity index is 1000. The Hall–Kier alpha value is -3.62. The summed E-state index contributed by atoms with van der Waals surface area (Å²) in [6.07, 6.45) is 3.18. The molecule has 1 fully saturated rings. The molecular weight excluding hydrogens is 424 g/mol. The van der Waals surface area contributed by atoms with E-state index < -0.39 is 11.7 Å². The van der Waals surface area contributed by atoms with Gasteiger partial charge in [0.15, 0.2) is 0 Å². The fourth-order valence-corrected chi connectivity index (χ4v) is 3.38. The summed E-state index contributed by atoms with van der Waals surface area (Å²) in [5.41, 5.74) is 1.10. The molecule has 1 aromatic carbocycles. The molecule has 0 saturated carbocycles. The molecule has 9 nitrogen and oxygen atoms in total. The Morgan fingerprint density at radius 1 is 1.18 bits per heavy atom. The van der Waals surface area contributed by atoms with Crippen LogP contribution in [0, 0.1) is 5.92 Å². The molecule has 2 heterocycles. The molecule has 1 N–H and O–H groups in total. The van der Waals surface area contributed by atoms with Crippen LogP contribution in [0.3, 0.4) is 0 Å². The molecule has 3 rings (SSSR count). The molecule has 33 heavy (non-hydrogen) atoms. The Morgan fingerprint density at radius 2 is 1.91 bits per heavy atom. The zero-order chi connectivity index (χ0) is 24.0. The second-order valence-corrected chi connectivity index (χ2v) is 8.72. The Kier molecular flexibility index (Phi) is 7.52. The zero-order valence-electron chi connectivity index (χ0n) is 19.6. The maximum atomic E-state index is 13.1. The minimum absolute atomic E-state index is 0.0526. The van der Waals surface area contributed by atoms with E-state index in [2.05, 4.69) is 15.5 Å². The van der Waals surface area contributed by atoms with Crippen LogP contribution in [0.15, 0.2) is 47.8 Å². The van der Waals surface area contributed by atoms with Gasteiger partial charge < -0.3 is 19.6 Å². The van der Waals surface area contributed by atoms with Crippen molar-refractivity contribution >= 4 is 24.0 Å². The van der Waals surface area contributed by atoms with Crippen molar-refractivity contribution in [2.75, 3.05) is 19.1 Å². The summed E-state index contributed by atoms with van der Waals surface area (Å²) in [5.74, 6) is 0.853. The summed E-state index contributed by atoms with van der Waals surface area (Å²) in [6, 6.07) is 10.9. The van der Waals surface area contributed by atoms with Crippen molar-refractivity contribution in [3.05, 3.63) is 53.7 Å². The van der Waals surface area contributed by atoms with Crippen molar-refractivity contribution in [2.45, 2.75) is 45.4 Å². The molecule has 1 aromatic heterocycles. The summed E-state index contributed by atoms with van der Waals surface area (Å²) in [7, 11) is 3.06. The number of aromatic nitrogens is 1. The van der Waals surface area contributed by atoms with Gasteiger partial charge >= 0.3 is 6.09 Å². The Labute approximate surface area is 193 Å². The van der Waals surface area contributed by atoms with Gasteiger partial charge in [-0.25, -0.2) is 9.78 Å². The second kappa shape index (κ2) is 10.3. The standard InChI is InChI=1S/C24H30N4O5/c1-24(2,3)33-23(30)28(15-16-6-8-18(31-4)9-7-16)21-13-17(10-11-25-21)12-19-20(14-26-32-5)27-22(19)29/h6-11,13-14,19-20H,12,15H2,1-5H3,(H,27,29)/t19?,20-/m1/s1. The lowest BCUT2D eigenvalue weighted by Gasteiger charge is -2.34. The van der Waals surface area contributed by atoms with E-state index in [9.17, 15) is 9.59 Å². The molecule has 1 aliphatic heterocycles. The maximum Gasteiger partial charge on any atom is 0.416 e. The first-order valence-corrected chi connectivity index (χ1v) is 10.7. The van der Waals surface area contributed by atoms with Crippen LogP contribution in [-0.4, -0.2) is 49.1 Å². The van der Waals surface area contributed by atoms with Gasteiger partial charge in [-0.15, -0.1) is 0 Å². The fraction of sp³-hybridized carbons (Fsp3) is 0.417. The largest absolute Gasteiger partial charge is 0.497 e. The van der Waals surface area contributed by atoms with E-state index in [4.69, 9.17) is 14.3 Å². The molecule has 9 heteroatoms. The molecule has 0 radical (unpaired) electrons. The van der Waals surface area contributed by atoms with Gasteiger partial charge in [0.05, 0.1) is 31.8 Å². The van der Waals surface area contributed by atoms with Crippen LogP contribution in [0.4, 0.5) is 10.6 Å². The van der Waals surface area contributed by atoms with E-state index in [0.717, 1.165) is 16.9 Å². The third-order valence-electron chi connectivity index (χ3n) is 5.06. The first-order valence-electron chi connectivity index (χ1n) is 10.7. The van der Waals surface area contributed by atoms with Gasteiger partial charge in [0.25, 0.3) is 0 Å². The number of methoxy groups -OCH3 is 1. The number of oxime groups is 1. The minimum Gasteiger partial charge on any atom is -0.497 e. The molecule has 0 bridgehead atoms. The van der Waals surface area contributed by atoms with Crippen molar-refractivity contribution < 1.29 is 23.9 Å². The molecule has 0 spiro atoms. The number of benzene rings is 1. The molecular formula is C24H30N4O5. The van der Waals surface area contributed by atoms with Crippen molar-refractivity contribution in [1.82, 2.24) is 10.3 Å². The Balaban J connectivity index is 1.84. The quantitative estimate of drug-likeness (QED) is 0.373. The number of nitrogens with one attached hydrogen (secondary N) is 1. The Morgan fingerprint density at radius 3 is 2.52 bits per heavy atom. The van der Waals surface area contributed by atoms with Crippen molar-refractivity contribution in [1.29, 1.82) is 0 Å². The highest BCUT2D eigenvalue weighted by atomic mass is 16.6. The average Bonchev–Trinajstić information content (AvgIpc) is 2.78. The minimum atomic E-state index is -0.662. The summed E-state index contributed by atoms with van der Waals surface area (Å²) < 4.78 is 10.8. The van der Waals surface area contributed by atoms with E-state index in [0.29, 0.717) is 12.2 Å². The summed E-state index contributed by atoms with van der Waals surface area (Å²) in [6.45, 7) is 5.72. The van der Waals surface area contributed by atoms with E-state index in [1.54, 1.807) is 19.5 Å². The van der Waals surface area contributed by atoms with Crippen molar-refractivity contribution in [2.24, 2.45) is 11.1 Å². The number of hydrogen-bond acceptors (Lipinski definition) is 7. The van der Waals surface area contributed by atoms with Gasteiger partial charge in [-0.1, -0.05) is 17.3 Å². The van der Waals surface area contributed by atoms with Gasteiger partial charge in [0.2, 0.25) is 5.91 Å². The molecule has 1 saturated heterocycles. The maximum absolute atomic E-state index is 13.1. The van der Waals surface area contributed by atoms with Crippen molar-refractivity contribution in [3.8, 4) is 5.75 Å². The molecule has 1 unspecified atom stereocenters. The molecule has 2 atom stereocenters. The highest BCUT2D eigenvalue weighted by molar-refractivity contribution is 5.94. The SMILES string of the molecule is CON=C[C@H]1NC(=O)C1Cc1ccnc(N(Cc2ccc(OC)cc2)C(=O)OC(C)(C)C)c1. The van der Waals surface area contributed by atoms with Crippen LogP contribution in [0.5, 0.6) is 5.75 Å². The average molecular weight is 455 g/mol. The number of amides is 2. The lowest BCUT2D eigenvalue weighted by atomic mass is 9.85. The monoisotopic (exact) mass is 454 g/mol. The fourth-order valence-electron chi connectivity index (χ4n) is 3.38. The number of β-lactam (4-membered cyclic amide) rings is 1. The first kappa shape index (κ1) is 24.0. The number of carbonyl (C=O) groups excluding carboxylic acids is 2. The number of carbonyl (C=O) groups is 2. The van der Waals surface area contributed by atoms with Crippen LogP contribution in [0.2, 0.25) is 0 Å². The molecule has 1 aliphatic rings. The predicted octanol–water partition coefficient (Wildman–Crippen LogP) is 3.32. The summed E-state index contributed by atoms with van der Waals surface area (Å²) >= 11 is 0.